The van der Waals surface area contributed by atoms with E-state index in [-0.39, 0.29) is 23.8 Å². The number of nitro groups is 2. The number of non-ortho nitro benzene ring substituents is 2. The molecule has 2 aromatic heterocycles. The lowest BCUT2D eigenvalue weighted by molar-refractivity contribution is -0.511. The molecule has 144 valence electrons. The van der Waals surface area contributed by atoms with E-state index < -0.39 is 9.85 Å². The van der Waals surface area contributed by atoms with Crippen molar-refractivity contribution >= 4 is 16.9 Å². The largest absolute Gasteiger partial charge is 1.00 e. The van der Waals surface area contributed by atoms with Crippen LogP contribution in [-0.2, 0) is 0 Å². The zero-order chi connectivity index (χ0) is 19.7. The Morgan fingerprint density at radius 2 is 1.28 bits per heavy atom. The van der Waals surface area contributed by atoms with Crippen molar-refractivity contribution in [1.82, 2.24) is 0 Å². The minimum absolute atomic E-state index is 0. The second-order valence-corrected chi connectivity index (χ2v) is 6.25. The average Bonchev–Trinajstić information content (AvgIpc) is 2.73. The van der Waals surface area contributed by atoms with Gasteiger partial charge in [-0.15, -0.1) is 0 Å². The number of fused-ring (bicyclic) bond motifs is 1. The van der Waals surface area contributed by atoms with Crippen LogP contribution in [0, 0.1) is 20.2 Å². The van der Waals surface area contributed by atoms with Crippen molar-refractivity contribution in [2.75, 3.05) is 0 Å². The zero-order valence-electron chi connectivity index (χ0n) is 14.9. The number of rotatable bonds is 4. The van der Waals surface area contributed by atoms with Gasteiger partial charge in [0.15, 0.2) is 12.4 Å². The lowest BCUT2D eigenvalue weighted by Gasteiger charge is -2.09. The van der Waals surface area contributed by atoms with Crippen molar-refractivity contribution in [3.8, 4) is 22.3 Å². The number of aromatic nitrogens is 1. The maximum absolute atomic E-state index is 11.2. The predicted octanol–water partition coefficient (Wildman–Crippen LogP) is 1.58. The minimum Gasteiger partial charge on any atom is -1.00 e. The summed E-state index contributed by atoms with van der Waals surface area (Å²) in [6.07, 6.45) is 3.76. The summed E-state index contributed by atoms with van der Waals surface area (Å²) < 4.78 is 1.91. The first-order chi connectivity index (χ1) is 13.5. The average molecular weight is 408 g/mol. The molecular formula is C21H14ClN3O4. The first-order valence-electron chi connectivity index (χ1n) is 8.46. The lowest BCUT2D eigenvalue weighted by atomic mass is 9.95. The normalized spacial score (nSPS) is 10.3. The van der Waals surface area contributed by atoms with Crippen molar-refractivity contribution in [1.29, 1.82) is 0 Å². The Morgan fingerprint density at radius 3 is 1.86 bits per heavy atom. The van der Waals surface area contributed by atoms with Crippen LogP contribution in [0.1, 0.15) is 0 Å². The van der Waals surface area contributed by atoms with Crippen molar-refractivity contribution in [3.63, 3.8) is 0 Å². The zero-order valence-corrected chi connectivity index (χ0v) is 15.7. The number of hydrogen-bond donors (Lipinski definition) is 0. The Morgan fingerprint density at radius 1 is 0.690 bits per heavy atom. The van der Waals surface area contributed by atoms with Gasteiger partial charge in [0.05, 0.1) is 15.4 Å². The van der Waals surface area contributed by atoms with Crippen molar-refractivity contribution in [2.24, 2.45) is 0 Å². The fraction of sp³-hybridized carbons (Fsp3) is 0. The molecule has 0 saturated carbocycles. The van der Waals surface area contributed by atoms with E-state index in [2.05, 4.69) is 0 Å². The third-order valence-electron chi connectivity index (χ3n) is 4.51. The Bertz CT molecular complexity index is 1150. The molecule has 7 nitrogen and oxygen atoms in total. The maximum atomic E-state index is 11.2. The van der Waals surface area contributed by atoms with Crippen LogP contribution >= 0.6 is 0 Å². The molecule has 0 amide bonds. The molecular weight excluding hydrogens is 394 g/mol. The van der Waals surface area contributed by atoms with Crippen LogP contribution in [-0.4, -0.2) is 9.85 Å². The molecule has 0 atom stereocenters. The molecule has 4 aromatic rings. The highest BCUT2D eigenvalue weighted by Gasteiger charge is 2.18. The van der Waals surface area contributed by atoms with Crippen molar-refractivity contribution in [3.05, 3.63) is 105 Å². The van der Waals surface area contributed by atoms with E-state index in [1.165, 1.54) is 24.3 Å². The molecule has 4 rings (SSSR count). The molecule has 0 N–H and O–H groups in total. The summed E-state index contributed by atoms with van der Waals surface area (Å²) in [7, 11) is 0. The predicted molar refractivity (Wildman–Crippen MR) is 104 cm³/mol. The molecule has 8 heteroatoms. The highest BCUT2D eigenvalue weighted by molar-refractivity contribution is 5.85. The summed E-state index contributed by atoms with van der Waals surface area (Å²) in [5, 5.41) is 22.4. The number of halogens is 1. The summed E-state index contributed by atoms with van der Waals surface area (Å²) in [5.74, 6) is 0. The molecule has 0 bridgehead atoms. The molecule has 2 heterocycles. The van der Waals surface area contributed by atoms with Crippen LogP contribution < -0.4 is 16.8 Å². The van der Waals surface area contributed by atoms with Crippen LogP contribution in [0.25, 0.3) is 27.8 Å². The quantitative estimate of drug-likeness (QED) is 0.292. The van der Waals surface area contributed by atoms with Crippen LogP contribution in [0.4, 0.5) is 11.4 Å². The van der Waals surface area contributed by atoms with E-state index >= 15 is 0 Å². The highest BCUT2D eigenvalue weighted by Crippen LogP contribution is 2.34. The third kappa shape index (κ3) is 3.90. The van der Waals surface area contributed by atoms with Gasteiger partial charge in [0, 0.05) is 48.0 Å². The second kappa shape index (κ2) is 8.04. The van der Waals surface area contributed by atoms with Crippen LogP contribution in [0.3, 0.4) is 0 Å². The summed E-state index contributed by atoms with van der Waals surface area (Å²) in [6, 6.07) is 20.4. The number of nitro benzene ring substituents is 2. The molecule has 0 aliphatic heterocycles. The summed E-state index contributed by atoms with van der Waals surface area (Å²) in [4.78, 5) is 21.5. The third-order valence-corrected chi connectivity index (χ3v) is 4.51. The molecule has 0 unspecified atom stereocenters. The fourth-order valence-electron chi connectivity index (χ4n) is 3.19. The molecule has 0 aliphatic rings. The van der Waals surface area contributed by atoms with Crippen LogP contribution in [0.15, 0.2) is 85.2 Å². The van der Waals surface area contributed by atoms with E-state index in [0.29, 0.717) is 11.1 Å². The molecule has 29 heavy (non-hydrogen) atoms. The van der Waals surface area contributed by atoms with Gasteiger partial charge in [-0.25, -0.2) is 0 Å². The van der Waals surface area contributed by atoms with Gasteiger partial charge in [0.1, 0.15) is 0 Å². The maximum Gasteiger partial charge on any atom is 0.270 e. The molecule has 0 aliphatic carbocycles. The van der Waals surface area contributed by atoms with E-state index in [9.17, 15) is 20.2 Å². The van der Waals surface area contributed by atoms with Gasteiger partial charge in [-0.05, 0) is 17.2 Å². The SMILES string of the molecule is O=[N+]([O-])c1cccc(-c2cc3cccc[n+]3cc2-c2cccc([N+](=O)[O-])c2)c1.[Cl-]. The fourth-order valence-corrected chi connectivity index (χ4v) is 3.19. The highest BCUT2D eigenvalue weighted by atomic mass is 35.5. The standard InChI is InChI=1S/C21H14N3O4.ClH/c25-23(26)18-8-3-5-15(11-18)20-13-17-7-1-2-10-22(17)14-21(20)16-6-4-9-19(12-16)24(27)28;/h1-14H;1H/q+1;/p-1. The lowest BCUT2D eigenvalue weighted by Crippen LogP contribution is -3.00. The minimum atomic E-state index is -0.440. The monoisotopic (exact) mass is 407 g/mol. The van der Waals surface area contributed by atoms with Crippen molar-refractivity contribution < 1.29 is 26.7 Å². The van der Waals surface area contributed by atoms with E-state index in [0.717, 1.165) is 16.6 Å². The van der Waals surface area contributed by atoms with Gasteiger partial charge in [-0.2, -0.15) is 4.40 Å². The first-order valence-corrected chi connectivity index (χ1v) is 8.46. The Labute approximate surface area is 171 Å². The van der Waals surface area contributed by atoms with E-state index in [4.69, 9.17) is 0 Å². The number of pyridine rings is 2. The van der Waals surface area contributed by atoms with Gasteiger partial charge in [0.25, 0.3) is 11.4 Å². The molecule has 2 aromatic carbocycles. The summed E-state index contributed by atoms with van der Waals surface area (Å²) in [6.45, 7) is 0. The number of hydrogen-bond acceptors (Lipinski definition) is 4. The topological polar surface area (TPSA) is 90.4 Å². The second-order valence-electron chi connectivity index (χ2n) is 6.25. The summed E-state index contributed by atoms with van der Waals surface area (Å²) in [5.41, 5.74) is 3.71. The van der Waals surface area contributed by atoms with Crippen molar-refractivity contribution in [2.45, 2.75) is 0 Å². The van der Waals surface area contributed by atoms with Gasteiger partial charge < -0.3 is 12.4 Å². The smallest absolute Gasteiger partial charge is 0.270 e. The summed E-state index contributed by atoms with van der Waals surface area (Å²) >= 11 is 0. The van der Waals surface area contributed by atoms with Gasteiger partial charge in [-0.3, -0.25) is 20.2 Å². The Hall–Kier alpha value is -3.84. The van der Waals surface area contributed by atoms with E-state index in [1.54, 1.807) is 24.3 Å². The molecule has 0 spiro atoms. The van der Waals surface area contributed by atoms with Gasteiger partial charge >= 0.3 is 0 Å². The number of nitrogens with zero attached hydrogens (tertiary/aromatic N) is 3. The van der Waals surface area contributed by atoms with Crippen LogP contribution in [0.2, 0.25) is 0 Å². The Balaban J connectivity index is 0.00000240. The van der Waals surface area contributed by atoms with Gasteiger partial charge in [0.2, 0.25) is 5.52 Å². The van der Waals surface area contributed by atoms with E-state index in [1.807, 2.05) is 41.1 Å². The molecule has 0 fully saturated rings. The first kappa shape index (κ1) is 19.9. The molecule has 0 radical (unpaired) electrons. The Kier molecular flexibility index (Phi) is 5.52. The number of benzene rings is 2. The van der Waals surface area contributed by atoms with Gasteiger partial charge in [-0.1, -0.05) is 24.3 Å². The van der Waals surface area contributed by atoms with Crippen LogP contribution in [0.5, 0.6) is 0 Å². The molecule has 0 saturated heterocycles.